The Bertz CT molecular complexity index is 1270. The van der Waals surface area contributed by atoms with Crippen molar-refractivity contribution >= 4 is 39.4 Å². The highest BCUT2D eigenvalue weighted by Gasteiger charge is 2.59. The average Bonchev–Trinajstić information content (AvgIpc) is 2.92. The zero-order valence-electron chi connectivity index (χ0n) is 17.1. The molecule has 0 aromatic heterocycles. The van der Waals surface area contributed by atoms with Crippen LogP contribution in [0.1, 0.15) is 18.1 Å². The van der Waals surface area contributed by atoms with Gasteiger partial charge in [0.1, 0.15) is 11.4 Å². The Labute approximate surface area is 190 Å². The van der Waals surface area contributed by atoms with Gasteiger partial charge in [0.2, 0.25) is 10.0 Å². The number of amides is 3. The predicted molar refractivity (Wildman–Crippen MR) is 111 cm³/mol. The highest BCUT2D eigenvalue weighted by Crippen LogP contribution is 2.40. The van der Waals surface area contributed by atoms with Crippen molar-refractivity contribution in [2.75, 3.05) is 16.9 Å². The minimum absolute atomic E-state index is 0.283. The number of imide groups is 1. The van der Waals surface area contributed by atoms with E-state index in [4.69, 9.17) is 5.26 Å². The van der Waals surface area contributed by atoms with Crippen LogP contribution in [0.25, 0.3) is 0 Å². The van der Waals surface area contributed by atoms with Gasteiger partial charge in [-0.2, -0.15) is 18.4 Å². The van der Waals surface area contributed by atoms with Crippen molar-refractivity contribution in [3.63, 3.8) is 0 Å². The molecule has 0 aliphatic carbocycles. The first-order valence-electron chi connectivity index (χ1n) is 9.09. The number of benzene rings is 2. The normalized spacial score (nSPS) is 19.2. The highest BCUT2D eigenvalue weighted by atomic mass is 32.2. The first-order chi connectivity index (χ1) is 15.2. The van der Waals surface area contributed by atoms with Gasteiger partial charge in [0.25, 0.3) is 5.91 Å². The highest BCUT2D eigenvalue weighted by molar-refractivity contribution is 7.99. The Morgan fingerprint density at radius 3 is 2.24 bits per heavy atom. The predicted octanol–water partition coefficient (Wildman–Crippen LogP) is 4.00. The lowest BCUT2D eigenvalue weighted by Crippen LogP contribution is -2.51. The van der Waals surface area contributed by atoms with E-state index in [-0.39, 0.29) is 5.75 Å². The van der Waals surface area contributed by atoms with Crippen molar-refractivity contribution < 1.29 is 35.6 Å². The first-order valence-corrected chi connectivity index (χ1v) is 11.9. The van der Waals surface area contributed by atoms with Crippen LogP contribution < -0.4 is 4.90 Å². The molecule has 7 nitrogen and oxygen atoms in total. The SMILES string of the molecule is C[C@@]1(CSc2ccc(F)cc2)C(=O)N(c2ccc(C#N)c(C(F)(F)F)c2)C(=O)N1S(C)(=O)=O. The fraction of sp³-hybridized carbons (Fsp3) is 0.250. The van der Waals surface area contributed by atoms with Crippen molar-refractivity contribution in [2.45, 2.75) is 23.5 Å². The van der Waals surface area contributed by atoms with Gasteiger partial charge in [0, 0.05) is 10.6 Å². The molecule has 1 aliphatic heterocycles. The summed E-state index contributed by atoms with van der Waals surface area (Å²) < 4.78 is 78.4. The summed E-state index contributed by atoms with van der Waals surface area (Å²) in [5.74, 6) is -1.86. The lowest BCUT2D eigenvalue weighted by Gasteiger charge is -2.29. The van der Waals surface area contributed by atoms with Gasteiger partial charge in [-0.3, -0.25) is 4.79 Å². The van der Waals surface area contributed by atoms with Gasteiger partial charge in [-0.15, -0.1) is 11.8 Å². The van der Waals surface area contributed by atoms with E-state index in [1.165, 1.54) is 25.1 Å². The van der Waals surface area contributed by atoms with Gasteiger partial charge in [0.15, 0.2) is 0 Å². The van der Waals surface area contributed by atoms with E-state index in [0.717, 1.165) is 36.0 Å². The van der Waals surface area contributed by atoms with Gasteiger partial charge >= 0.3 is 12.2 Å². The minimum Gasteiger partial charge on any atom is -0.271 e. The molecule has 0 spiro atoms. The Morgan fingerprint density at radius 1 is 1.12 bits per heavy atom. The summed E-state index contributed by atoms with van der Waals surface area (Å²) in [7, 11) is -4.32. The molecule has 0 N–H and O–H groups in total. The molecule has 2 aromatic rings. The minimum atomic E-state index is -4.95. The van der Waals surface area contributed by atoms with Gasteiger partial charge < -0.3 is 0 Å². The number of nitriles is 1. The van der Waals surface area contributed by atoms with Crippen LogP contribution in [0.5, 0.6) is 0 Å². The fourth-order valence-corrected chi connectivity index (χ4v) is 5.68. The third kappa shape index (κ3) is 4.53. The Balaban J connectivity index is 2.07. The van der Waals surface area contributed by atoms with Crippen LogP contribution in [0, 0.1) is 17.1 Å². The molecule has 13 heteroatoms. The zero-order valence-corrected chi connectivity index (χ0v) is 18.7. The summed E-state index contributed by atoms with van der Waals surface area (Å²) in [6, 6.07) is 7.35. The molecule has 3 amide bonds. The quantitative estimate of drug-likeness (QED) is 0.349. The van der Waals surface area contributed by atoms with Crippen molar-refractivity contribution in [1.82, 2.24) is 4.31 Å². The smallest absolute Gasteiger partial charge is 0.271 e. The number of thioether (sulfide) groups is 1. The summed E-state index contributed by atoms with van der Waals surface area (Å²) in [5.41, 5.74) is -4.60. The number of carbonyl (C=O) groups is 2. The van der Waals surface area contributed by atoms with Gasteiger partial charge in [-0.25, -0.2) is 26.8 Å². The molecule has 1 aliphatic rings. The molecule has 0 radical (unpaired) electrons. The number of hydrogen-bond acceptors (Lipinski definition) is 6. The molecule has 1 saturated heterocycles. The molecule has 174 valence electrons. The van der Waals surface area contributed by atoms with Crippen molar-refractivity contribution in [3.05, 3.63) is 59.4 Å². The van der Waals surface area contributed by atoms with Crippen LogP contribution in [0.4, 0.5) is 28.0 Å². The second kappa shape index (κ2) is 8.35. The molecule has 1 heterocycles. The van der Waals surface area contributed by atoms with E-state index in [0.29, 0.717) is 26.4 Å². The maximum absolute atomic E-state index is 13.4. The molecule has 0 saturated carbocycles. The monoisotopic (exact) mass is 501 g/mol. The topological polar surface area (TPSA) is 98.5 Å². The molecule has 0 bridgehead atoms. The summed E-state index contributed by atoms with van der Waals surface area (Å²) >= 11 is 0.966. The van der Waals surface area contributed by atoms with E-state index >= 15 is 0 Å². The molecular weight excluding hydrogens is 486 g/mol. The molecule has 33 heavy (non-hydrogen) atoms. The summed E-state index contributed by atoms with van der Waals surface area (Å²) in [5, 5.41) is 8.96. The fourth-order valence-electron chi connectivity index (χ4n) is 3.33. The van der Waals surface area contributed by atoms with Crippen molar-refractivity contribution in [3.8, 4) is 6.07 Å². The largest absolute Gasteiger partial charge is 0.417 e. The maximum atomic E-state index is 13.4. The molecular formula is C20H15F4N3O4S2. The van der Waals surface area contributed by atoms with Crippen LogP contribution in [-0.4, -0.2) is 42.2 Å². The van der Waals surface area contributed by atoms with E-state index < -0.39 is 56.3 Å². The standard InChI is InChI=1S/C20H15F4N3O4S2/c1-19(11-32-15-7-4-13(21)5-8-15)17(28)26(18(29)27(19)33(2,30)31)14-6-3-12(10-25)16(9-14)20(22,23)24/h3-9H,11H2,1-2H3/t19-/m1/s1. The number of hydrogen-bond donors (Lipinski definition) is 0. The summed E-state index contributed by atoms with van der Waals surface area (Å²) in [6.07, 6.45) is -4.26. The van der Waals surface area contributed by atoms with Crippen molar-refractivity contribution in [1.29, 1.82) is 5.26 Å². The number of alkyl halides is 3. The number of halogens is 4. The van der Waals surface area contributed by atoms with Crippen molar-refractivity contribution in [2.24, 2.45) is 0 Å². The van der Waals surface area contributed by atoms with Gasteiger partial charge in [-0.05, 0) is 49.4 Å². The molecule has 3 rings (SSSR count). The Kier molecular flexibility index (Phi) is 6.20. The summed E-state index contributed by atoms with van der Waals surface area (Å²) in [4.78, 5) is 27.1. The first kappa shape index (κ1) is 24.5. The Hall–Kier alpha value is -3.11. The van der Waals surface area contributed by atoms with E-state index in [1.807, 2.05) is 0 Å². The third-order valence-electron chi connectivity index (χ3n) is 4.83. The van der Waals surface area contributed by atoms with Crippen LogP contribution in [-0.2, 0) is 21.0 Å². The number of rotatable bonds is 5. The summed E-state index contributed by atoms with van der Waals surface area (Å²) in [6.45, 7) is 1.18. The van der Waals surface area contributed by atoms with Crippen LogP contribution in [0.2, 0.25) is 0 Å². The average molecular weight is 501 g/mol. The van der Waals surface area contributed by atoms with Gasteiger partial charge in [-0.1, -0.05) is 0 Å². The number of sulfonamides is 1. The lowest BCUT2D eigenvalue weighted by atomic mass is 10.0. The number of urea groups is 1. The van der Waals surface area contributed by atoms with E-state index in [9.17, 15) is 35.6 Å². The maximum Gasteiger partial charge on any atom is 0.417 e. The lowest BCUT2D eigenvalue weighted by molar-refractivity contribution is -0.137. The Morgan fingerprint density at radius 2 is 1.73 bits per heavy atom. The van der Waals surface area contributed by atoms with E-state index in [1.54, 1.807) is 0 Å². The van der Waals surface area contributed by atoms with Crippen LogP contribution in [0.3, 0.4) is 0 Å². The number of carbonyl (C=O) groups excluding carboxylic acids is 2. The van der Waals surface area contributed by atoms with E-state index in [2.05, 4.69) is 0 Å². The van der Waals surface area contributed by atoms with Crippen LogP contribution >= 0.6 is 11.8 Å². The second-order valence-corrected chi connectivity index (χ2v) is 10.2. The second-order valence-electron chi connectivity index (χ2n) is 7.31. The molecule has 1 fully saturated rings. The molecule has 2 aromatic carbocycles. The number of nitrogens with zero attached hydrogens (tertiary/aromatic N) is 3. The number of anilines is 1. The van der Waals surface area contributed by atoms with Crippen LogP contribution in [0.15, 0.2) is 47.4 Å². The zero-order chi connectivity index (χ0) is 24.8. The molecule has 0 unspecified atom stereocenters. The van der Waals surface area contributed by atoms with Gasteiger partial charge in [0.05, 0.1) is 29.1 Å². The third-order valence-corrected chi connectivity index (χ3v) is 7.36. The molecule has 1 atom stereocenters.